The number of amides is 1. The number of aromatic nitrogens is 1. The van der Waals surface area contributed by atoms with Gasteiger partial charge in [0.2, 0.25) is 15.9 Å². The Morgan fingerprint density at radius 1 is 1.03 bits per heavy atom. The van der Waals surface area contributed by atoms with E-state index in [4.69, 9.17) is 11.6 Å². The summed E-state index contributed by atoms with van der Waals surface area (Å²) >= 11 is 9.75. The lowest BCUT2D eigenvalue weighted by molar-refractivity contribution is -0.135. The summed E-state index contributed by atoms with van der Waals surface area (Å²) in [5, 5.41) is 0.707. The summed E-state index contributed by atoms with van der Waals surface area (Å²) in [7, 11) is -3.80. The zero-order valence-corrected chi connectivity index (χ0v) is 24.2. The van der Waals surface area contributed by atoms with Gasteiger partial charge in [-0.1, -0.05) is 71.9 Å². The minimum absolute atomic E-state index is 0.0963. The van der Waals surface area contributed by atoms with E-state index in [1.807, 2.05) is 47.5 Å². The van der Waals surface area contributed by atoms with Gasteiger partial charge in [0.25, 0.3) is 0 Å². The zero-order chi connectivity index (χ0) is 26.4. The van der Waals surface area contributed by atoms with Crippen molar-refractivity contribution in [3.8, 4) is 0 Å². The normalized spacial score (nSPS) is 14.7. The third-order valence-electron chi connectivity index (χ3n) is 7.01. The molecule has 2 aromatic carbocycles. The van der Waals surface area contributed by atoms with Crippen molar-refractivity contribution in [3.05, 3.63) is 87.6 Å². The maximum atomic E-state index is 13.8. The second kappa shape index (κ2) is 12.6. The van der Waals surface area contributed by atoms with Gasteiger partial charge in [-0.15, -0.1) is 0 Å². The second-order valence-corrected chi connectivity index (χ2v) is 12.7. The lowest BCUT2D eigenvalue weighted by atomic mass is 9.94. The maximum Gasteiger partial charge on any atom is 0.243 e. The zero-order valence-electron chi connectivity index (χ0n) is 21.0. The molecule has 1 aliphatic carbocycles. The molecule has 1 aromatic heterocycles. The summed E-state index contributed by atoms with van der Waals surface area (Å²) in [4.78, 5) is 15.9. The molecule has 1 aliphatic rings. The van der Waals surface area contributed by atoms with Crippen LogP contribution in [0.3, 0.4) is 0 Å². The van der Waals surface area contributed by atoms with Gasteiger partial charge in [0.15, 0.2) is 0 Å². The third-order valence-corrected chi connectivity index (χ3v) is 9.84. The van der Waals surface area contributed by atoms with Gasteiger partial charge in [0.05, 0.1) is 18.0 Å². The number of nitrogens with zero attached hydrogens (tertiary/aromatic N) is 3. The molecule has 0 unspecified atom stereocenters. The summed E-state index contributed by atoms with van der Waals surface area (Å²) in [6.07, 6.45) is 7.18. The fraction of sp³-hybridized carbons (Fsp3) is 0.393. The summed E-state index contributed by atoms with van der Waals surface area (Å²) in [6.45, 7) is 2.83. The molecule has 37 heavy (non-hydrogen) atoms. The Hall–Kier alpha value is -2.13. The lowest BCUT2D eigenvalue weighted by Gasteiger charge is -2.36. The van der Waals surface area contributed by atoms with Gasteiger partial charge < -0.3 is 9.47 Å². The topological polar surface area (TPSA) is 62.6 Å². The van der Waals surface area contributed by atoms with Crippen LogP contribution in [0.2, 0.25) is 5.02 Å². The highest BCUT2D eigenvalue weighted by atomic mass is 79.9. The van der Waals surface area contributed by atoms with Crippen molar-refractivity contribution in [2.45, 2.75) is 63.1 Å². The molecule has 0 aliphatic heterocycles. The molecule has 9 heteroatoms. The Balaban J connectivity index is 1.56. The minimum Gasteiger partial charge on any atom is -0.345 e. The van der Waals surface area contributed by atoms with Crippen molar-refractivity contribution in [2.75, 3.05) is 13.1 Å². The monoisotopic (exact) mass is 605 g/mol. The maximum absolute atomic E-state index is 13.8. The van der Waals surface area contributed by atoms with Gasteiger partial charge in [-0.25, -0.2) is 8.42 Å². The Morgan fingerprint density at radius 3 is 2.41 bits per heavy atom. The second-order valence-electron chi connectivity index (χ2n) is 9.42. The fourth-order valence-corrected chi connectivity index (χ4v) is 6.77. The van der Waals surface area contributed by atoms with E-state index in [0.29, 0.717) is 18.1 Å². The molecule has 1 saturated carbocycles. The molecule has 6 nitrogen and oxygen atoms in total. The molecule has 0 atom stereocenters. The van der Waals surface area contributed by atoms with Crippen LogP contribution in [-0.2, 0) is 27.9 Å². The molecule has 1 amide bonds. The summed E-state index contributed by atoms with van der Waals surface area (Å²) in [5.74, 6) is -0.167. The highest BCUT2D eigenvalue weighted by molar-refractivity contribution is 9.10. The quantitative estimate of drug-likeness (QED) is 0.271. The molecule has 0 bridgehead atoms. The van der Waals surface area contributed by atoms with Crippen molar-refractivity contribution in [1.29, 1.82) is 0 Å². The number of halogens is 2. The number of sulfonamides is 1. The van der Waals surface area contributed by atoms with Crippen LogP contribution in [0.25, 0.3) is 0 Å². The van der Waals surface area contributed by atoms with Crippen molar-refractivity contribution in [3.63, 3.8) is 0 Å². The summed E-state index contributed by atoms with van der Waals surface area (Å²) in [5.41, 5.74) is 2.01. The van der Waals surface area contributed by atoms with Crippen LogP contribution in [0, 0.1) is 0 Å². The number of hydrogen-bond donors (Lipinski definition) is 0. The molecule has 4 rings (SSSR count). The van der Waals surface area contributed by atoms with Gasteiger partial charge in [-0.05, 0) is 60.9 Å². The smallest absolute Gasteiger partial charge is 0.243 e. The summed E-state index contributed by atoms with van der Waals surface area (Å²) < 4.78 is 30.9. The molecule has 0 spiro atoms. The van der Waals surface area contributed by atoms with E-state index >= 15 is 0 Å². The average molecular weight is 607 g/mol. The number of carbonyl (C=O) groups is 1. The largest absolute Gasteiger partial charge is 0.345 e. The average Bonchev–Trinajstić information content (AvgIpc) is 3.34. The van der Waals surface area contributed by atoms with Crippen LogP contribution >= 0.6 is 27.5 Å². The van der Waals surface area contributed by atoms with E-state index < -0.39 is 10.0 Å². The van der Waals surface area contributed by atoms with Crippen LogP contribution in [0.15, 0.2) is 76.2 Å². The van der Waals surface area contributed by atoms with Gasteiger partial charge in [-0.2, -0.15) is 4.31 Å². The highest BCUT2D eigenvalue weighted by Crippen LogP contribution is 2.26. The van der Waals surface area contributed by atoms with E-state index in [1.54, 1.807) is 31.2 Å². The molecule has 0 saturated heterocycles. The van der Waals surface area contributed by atoms with E-state index in [9.17, 15) is 13.2 Å². The molecule has 198 valence electrons. The molecular formula is C28H33BrClN3O3S. The Morgan fingerprint density at radius 2 is 1.73 bits per heavy atom. The number of carbonyl (C=O) groups excluding carboxylic acids is 1. The predicted molar refractivity (Wildman–Crippen MR) is 151 cm³/mol. The fourth-order valence-electron chi connectivity index (χ4n) is 4.91. The standard InChI is InChI=1S/C28H33BrClN3O3S/c1-2-32(37(35,36)26-16-14-23(29)15-17-26)21-28(34)33(24-10-4-3-5-11-24)20-25-12-8-18-31(25)19-22-9-6-7-13-27(22)30/h6-9,12-18,24H,2-5,10-11,19-21H2,1H3. The predicted octanol–water partition coefficient (Wildman–Crippen LogP) is 6.32. The lowest BCUT2D eigenvalue weighted by Crippen LogP contribution is -2.47. The SMILES string of the molecule is CCN(CC(=O)N(Cc1cccn1Cc1ccccc1Cl)C1CCCCC1)S(=O)(=O)c1ccc(Br)cc1. The van der Waals surface area contributed by atoms with Crippen molar-refractivity contribution < 1.29 is 13.2 Å². The van der Waals surface area contributed by atoms with Crippen molar-refractivity contribution >= 4 is 43.5 Å². The molecule has 3 aromatic rings. The van der Waals surface area contributed by atoms with Crippen LogP contribution < -0.4 is 0 Å². The first-order valence-corrected chi connectivity index (χ1v) is 15.3. The molecule has 0 N–H and O–H groups in total. The van der Waals surface area contributed by atoms with Crippen LogP contribution in [0.5, 0.6) is 0 Å². The van der Waals surface area contributed by atoms with Crippen LogP contribution in [0.4, 0.5) is 0 Å². The van der Waals surface area contributed by atoms with Crippen molar-refractivity contribution in [1.82, 2.24) is 13.8 Å². The molecule has 1 fully saturated rings. The minimum atomic E-state index is -3.80. The third kappa shape index (κ3) is 6.85. The van der Waals surface area contributed by atoms with Crippen LogP contribution in [0.1, 0.15) is 50.3 Å². The van der Waals surface area contributed by atoms with Gasteiger partial charge >= 0.3 is 0 Å². The first kappa shape index (κ1) is 27.9. The Labute approximate surface area is 233 Å². The van der Waals surface area contributed by atoms with E-state index in [2.05, 4.69) is 20.5 Å². The summed E-state index contributed by atoms with van der Waals surface area (Å²) in [6, 6.07) is 18.4. The first-order chi connectivity index (χ1) is 17.8. The van der Waals surface area contributed by atoms with E-state index in [0.717, 1.165) is 41.4 Å². The Kier molecular flexibility index (Phi) is 9.51. The van der Waals surface area contributed by atoms with E-state index in [-0.39, 0.29) is 29.9 Å². The van der Waals surface area contributed by atoms with Gasteiger partial charge in [0.1, 0.15) is 0 Å². The van der Waals surface area contributed by atoms with Gasteiger partial charge in [-0.3, -0.25) is 4.79 Å². The number of benzene rings is 2. The van der Waals surface area contributed by atoms with Gasteiger partial charge in [0, 0.05) is 40.5 Å². The Bertz CT molecular complexity index is 1300. The van der Waals surface area contributed by atoms with Crippen LogP contribution in [-0.4, -0.2) is 47.2 Å². The molecule has 1 heterocycles. The number of rotatable bonds is 10. The van der Waals surface area contributed by atoms with E-state index in [1.165, 1.54) is 10.7 Å². The molecule has 0 radical (unpaired) electrons. The number of hydrogen-bond acceptors (Lipinski definition) is 3. The first-order valence-electron chi connectivity index (χ1n) is 12.7. The number of likely N-dealkylation sites (N-methyl/N-ethyl adjacent to an activating group) is 1. The highest BCUT2D eigenvalue weighted by Gasteiger charge is 2.31. The van der Waals surface area contributed by atoms with Crippen molar-refractivity contribution in [2.24, 2.45) is 0 Å². The molecular weight excluding hydrogens is 574 g/mol.